The minimum Gasteiger partial charge on any atom is -0.386 e. The molecule has 20 heavy (non-hydrogen) atoms. The van der Waals surface area contributed by atoms with Gasteiger partial charge in [0.2, 0.25) is 0 Å². The van der Waals surface area contributed by atoms with Crippen LogP contribution in [0.5, 0.6) is 0 Å². The van der Waals surface area contributed by atoms with Crippen molar-refractivity contribution in [1.82, 2.24) is 9.38 Å². The maximum Gasteiger partial charge on any atom is 0.137 e. The van der Waals surface area contributed by atoms with E-state index in [0.717, 1.165) is 11.2 Å². The number of fused-ring (bicyclic) bond motifs is 1. The highest BCUT2D eigenvalue weighted by Crippen LogP contribution is 2.24. The molecule has 0 saturated carbocycles. The molecule has 0 radical (unpaired) electrons. The van der Waals surface area contributed by atoms with Crippen molar-refractivity contribution < 1.29 is 9.50 Å². The lowest BCUT2D eigenvalue weighted by Gasteiger charge is -2.09. The Labute approximate surface area is 123 Å². The van der Waals surface area contributed by atoms with Gasteiger partial charge < -0.3 is 9.51 Å². The fourth-order valence-corrected chi connectivity index (χ4v) is 2.63. The quantitative estimate of drug-likeness (QED) is 0.795. The van der Waals surface area contributed by atoms with Crippen molar-refractivity contribution in [2.24, 2.45) is 0 Å². The van der Waals surface area contributed by atoms with Crippen molar-refractivity contribution in [2.45, 2.75) is 12.5 Å². The summed E-state index contributed by atoms with van der Waals surface area (Å²) in [5.41, 5.74) is 2.24. The molecular weight excluding hydrogens is 323 g/mol. The first-order valence-electron chi connectivity index (χ1n) is 6.19. The predicted octanol–water partition coefficient (Wildman–Crippen LogP) is 3.51. The van der Waals surface area contributed by atoms with Gasteiger partial charge in [-0.1, -0.05) is 28.1 Å². The predicted molar refractivity (Wildman–Crippen MR) is 78.0 cm³/mol. The van der Waals surface area contributed by atoms with Crippen molar-refractivity contribution in [3.05, 3.63) is 70.3 Å². The second kappa shape index (κ2) is 5.34. The number of nitrogens with zero attached hydrogens (tertiary/aromatic N) is 2. The van der Waals surface area contributed by atoms with Crippen LogP contribution in [0.25, 0.3) is 5.65 Å². The van der Waals surface area contributed by atoms with E-state index in [4.69, 9.17) is 0 Å². The number of halogens is 2. The lowest BCUT2D eigenvalue weighted by molar-refractivity contribution is 0.174. The van der Waals surface area contributed by atoms with Crippen molar-refractivity contribution in [3.63, 3.8) is 0 Å². The zero-order valence-corrected chi connectivity index (χ0v) is 12.1. The number of aromatic nitrogens is 2. The second-order valence-electron chi connectivity index (χ2n) is 4.59. The van der Waals surface area contributed by atoms with Crippen molar-refractivity contribution in [2.75, 3.05) is 0 Å². The third-order valence-electron chi connectivity index (χ3n) is 3.15. The number of hydrogen-bond donors (Lipinski definition) is 1. The van der Waals surface area contributed by atoms with Crippen LogP contribution in [-0.4, -0.2) is 14.5 Å². The lowest BCUT2D eigenvalue weighted by Crippen LogP contribution is -2.03. The Morgan fingerprint density at radius 2 is 2.15 bits per heavy atom. The van der Waals surface area contributed by atoms with Gasteiger partial charge >= 0.3 is 0 Å². The SMILES string of the molecule is OC(Cc1ccc(F)cc1Br)c1cn2ccccc2n1. The third-order valence-corrected chi connectivity index (χ3v) is 3.89. The van der Waals surface area contributed by atoms with Crippen LogP contribution in [0.1, 0.15) is 17.4 Å². The first-order valence-corrected chi connectivity index (χ1v) is 6.98. The summed E-state index contributed by atoms with van der Waals surface area (Å²) in [6.45, 7) is 0. The van der Waals surface area contributed by atoms with Gasteiger partial charge in [0.05, 0.1) is 5.69 Å². The van der Waals surface area contributed by atoms with Crippen LogP contribution in [0.3, 0.4) is 0 Å². The highest BCUT2D eigenvalue weighted by molar-refractivity contribution is 9.10. The molecule has 2 aromatic heterocycles. The average Bonchev–Trinajstić information content (AvgIpc) is 2.86. The van der Waals surface area contributed by atoms with Crippen LogP contribution < -0.4 is 0 Å². The summed E-state index contributed by atoms with van der Waals surface area (Å²) in [6, 6.07) is 10.1. The molecule has 0 aliphatic heterocycles. The van der Waals surface area contributed by atoms with Crippen LogP contribution in [0.2, 0.25) is 0 Å². The van der Waals surface area contributed by atoms with Gasteiger partial charge in [0.25, 0.3) is 0 Å². The highest BCUT2D eigenvalue weighted by atomic mass is 79.9. The largest absolute Gasteiger partial charge is 0.386 e. The Morgan fingerprint density at radius 3 is 2.90 bits per heavy atom. The summed E-state index contributed by atoms with van der Waals surface area (Å²) in [7, 11) is 0. The van der Waals surface area contributed by atoms with E-state index in [1.54, 1.807) is 12.3 Å². The first-order chi connectivity index (χ1) is 9.63. The van der Waals surface area contributed by atoms with E-state index >= 15 is 0 Å². The van der Waals surface area contributed by atoms with E-state index in [1.165, 1.54) is 12.1 Å². The molecule has 3 rings (SSSR count). The molecule has 1 atom stereocenters. The van der Waals surface area contributed by atoms with E-state index in [0.29, 0.717) is 16.6 Å². The smallest absolute Gasteiger partial charge is 0.137 e. The number of aliphatic hydroxyl groups excluding tert-OH is 1. The zero-order chi connectivity index (χ0) is 14.1. The lowest BCUT2D eigenvalue weighted by atomic mass is 10.1. The molecule has 1 N–H and O–H groups in total. The van der Waals surface area contributed by atoms with Crippen LogP contribution in [0.4, 0.5) is 4.39 Å². The molecule has 2 heterocycles. The molecule has 0 aliphatic carbocycles. The topological polar surface area (TPSA) is 37.5 Å². The molecule has 0 amide bonds. The number of rotatable bonds is 3. The number of pyridine rings is 1. The normalized spacial score (nSPS) is 12.8. The standard InChI is InChI=1S/C15H12BrFN2O/c16-12-8-11(17)5-4-10(12)7-14(20)13-9-19-6-2-1-3-15(19)18-13/h1-6,8-9,14,20H,7H2. The monoisotopic (exact) mass is 334 g/mol. The van der Waals surface area contributed by atoms with Gasteiger partial charge in [0.1, 0.15) is 17.6 Å². The van der Waals surface area contributed by atoms with Gasteiger partial charge in [0.15, 0.2) is 0 Å². The number of benzene rings is 1. The number of aliphatic hydroxyl groups is 1. The zero-order valence-electron chi connectivity index (χ0n) is 10.5. The first kappa shape index (κ1) is 13.3. The van der Waals surface area contributed by atoms with Crippen molar-refractivity contribution in [3.8, 4) is 0 Å². The van der Waals surface area contributed by atoms with Gasteiger partial charge in [-0.2, -0.15) is 0 Å². The minimum atomic E-state index is -0.725. The molecule has 1 unspecified atom stereocenters. The summed E-state index contributed by atoms with van der Waals surface area (Å²) in [4.78, 5) is 4.38. The fourth-order valence-electron chi connectivity index (χ4n) is 2.11. The number of imidazole rings is 1. The van der Waals surface area contributed by atoms with Crippen molar-refractivity contribution >= 4 is 21.6 Å². The Balaban J connectivity index is 1.86. The molecule has 0 saturated heterocycles. The van der Waals surface area contributed by atoms with Crippen LogP contribution in [-0.2, 0) is 6.42 Å². The van der Waals surface area contributed by atoms with Gasteiger partial charge in [0, 0.05) is 23.3 Å². The number of hydrogen-bond acceptors (Lipinski definition) is 2. The molecule has 1 aromatic carbocycles. The molecule has 0 spiro atoms. The Bertz CT molecular complexity index is 723. The van der Waals surface area contributed by atoms with Crippen molar-refractivity contribution in [1.29, 1.82) is 0 Å². The molecule has 0 fully saturated rings. The molecule has 102 valence electrons. The highest BCUT2D eigenvalue weighted by Gasteiger charge is 2.14. The molecule has 5 heteroatoms. The van der Waals surface area contributed by atoms with Crippen LogP contribution >= 0.6 is 15.9 Å². The maximum absolute atomic E-state index is 13.0. The van der Waals surface area contributed by atoms with Gasteiger partial charge in [-0.3, -0.25) is 0 Å². The average molecular weight is 335 g/mol. The fraction of sp³-hybridized carbons (Fsp3) is 0.133. The van der Waals surface area contributed by atoms with Gasteiger partial charge in [-0.25, -0.2) is 9.37 Å². The molecular formula is C15H12BrFN2O. The maximum atomic E-state index is 13.0. The molecule has 0 bridgehead atoms. The van der Waals surface area contributed by atoms with Gasteiger partial charge in [-0.05, 0) is 29.8 Å². The van der Waals surface area contributed by atoms with Gasteiger partial charge in [-0.15, -0.1) is 0 Å². The van der Waals surface area contributed by atoms with E-state index < -0.39 is 6.10 Å². The Morgan fingerprint density at radius 1 is 1.30 bits per heavy atom. The van der Waals surface area contributed by atoms with Crippen LogP contribution in [0, 0.1) is 5.82 Å². The Kier molecular flexibility index (Phi) is 3.54. The summed E-state index contributed by atoms with van der Waals surface area (Å²) >= 11 is 3.31. The second-order valence-corrected chi connectivity index (χ2v) is 5.44. The molecule has 3 nitrogen and oxygen atoms in total. The molecule has 3 aromatic rings. The third kappa shape index (κ3) is 2.59. The Hall–Kier alpha value is -1.72. The minimum absolute atomic E-state index is 0.303. The summed E-state index contributed by atoms with van der Waals surface area (Å²) < 4.78 is 15.6. The summed E-state index contributed by atoms with van der Waals surface area (Å²) in [5, 5.41) is 10.3. The van der Waals surface area contributed by atoms with E-state index in [1.807, 2.05) is 28.8 Å². The summed E-state index contributed by atoms with van der Waals surface area (Å²) in [6.07, 6.45) is 3.34. The van der Waals surface area contributed by atoms with E-state index in [9.17, 15) is 9.50 Å². The van der Waals surface area contributed by atoms with E-state index in [-0.39, 0.29) is 5.82 Å². The summed E-state index contributed by atoms with van der Waals surface area (Å²) in [5.74, 6) is -0.303. The van der Waals surface area contributed by atoms with E-state index in [2.05, 4.69) is 20.9 Å². The van der Waals surface area contributed by atoms with Crippen LogP contribution in [0.15, 0.2) is 53.3 Å². The molecule has 0 aliphatic rings.